The molecule has 84 valence electrons. The van der Waals surface area contributed by atoms with Gasteiger partial charge in [-0.15, -0.1) is 0 Å². The van der Waals surface area contributed by atoms with Gasteiger partial charge in [0.25, 0.3) is 0 Å². The second kappa shape index (κ2) is 6.62. The molecule has 2 N–H and O–H groups in total. The van der Waals surface area contributed by atoms with Crippen LogP contribution in [0.5, 0.6) is 0 Å². The first-order valence-electron chi connectivity index (χ1n) is 5.48. The lowest BCUT2D eigenvalue weighted by Crippen LogP contribution is -1.99. The molecule has 1 unspecified atom stereocenters. The van der Waals surface area contributed by atoms with Crippen LogP contribution in [0.25, 0.3) is 0 Å². The highest BCUT2D eigenvalue weighted by atomic mass is 32.2. The Balaban J connectivity index is 2.40. The lowest BCUT2D eigenvalue weighted by molar-refractivity contribution is 0.668. The first kappa shape index (κ1) is 12.2. The molecule has 0 spiro atoms. The number of anilines is 1. The van der Waals surface area contributed by atoms with Crippen LogP contribution in [0.2, 0.25) is 0 Å². The third kappa shape index (κ3) is 4.47. The van der Waals surface area contributed by atoms with Crippen LogP contribution >= 0.6 is 0 Å². The molecular weight excluding hydrogens is 206 g/mol. The van der Waals surface area contributed by atoms with Crippen molar-refractivity contribution in [3.05, 3.63) is 24.3 Å². The highest BCUT2D eigenvalue weighted by Crippen LogP contribution is 2.12. The standard InChI is InChI=1S/C12H19NOS/c1-2-3-4-5-9-15(14)12-8-6-7-11(13)10-12/h6-8,10H,2-5,9,13H2,1H3. The van der Waals surface area contributed by atoms with Gasteiger partial charge in [0, 0.05) is 16.3 Å². The summed E-state index contributed by atoms with van der Waals surface area (Å²) >= 11 is 0. The van der Waals surface area contributed by atoms with E-state index in [1.807, 2.05) is 18.2 Å². The van der Waals surface area contributed by atoms with Crippen LogP contribution in [-0.4, -0.2) is 9.96 Å². The van der Waals surface area contributed by atoms with E-state index in [4.69, 9.17) is 5.73 Å². The summed E-state index contributed by atoms with van der Waals surface area (Å²) in [5.41, 5.74) is 6.33. The number of nitrogen functional groups attached to an aromatic ring is 1. The SMILES string of the molecule is CCCCCCS(=O)c1cccc(N)c1. The van der Waals surface area contributed by atoms with Crippen molar-refractivity contribution in [3.63, 3.8) is 0 Å². The zero-order valence-corrected chi connectivity index (χ0v) is 10.1. The predicted molar refractivity (Wildman–Crippen MR) is 66.3 cm³/mol. The van der Waals surface area contributed by atoms with Crippen molar-refractivity contribution < 1.29 is 4.21 Å². The third-order valence-corrected chi connectivity index (χ3v) is 3.74. The summed E-state index contributed by atoms with van der Waals surface area (Å²) in [6, 6.07) is 7.36. The van der Waals surface area contributed by atoms with Gasteiger partial charge in [-0.2, -0.15) is 0 Å². The fourth-order valence-electron chi connectivity index (χ4n) is 1.43. The Morgan fingerprint density at radius 3 is 2.73 bits per heavy atom. The number of hydrogen-bond donors (Lipinski definition) is 1. The minimum Gasteiger partial charge on any atom is -0.399 e. The average Bonchev–Trinajstić information content (AvgIpc) is 2.24. The van der Waals surface area contributed by atoms with E-state index >= 15 is 0 Å². The Bertz CT molecular complexity index is 325. The second-order valence-electron chi connectivity index (χ2n) is 3.68. The summed E-state index contributed by atoms with van der Waals surface area (Å²) in [7, 11) is -0.877. The molecule has 1 rings (SSSR count). The van der Waals surface area contributed by atoms with Gasteiger partial charge in [0.1, 0.15) is 0 Å². The number of benzene rings is 1. The molecule has 0 aliphatic carbocycles. The van der Waals surface area contributed by atoms with Crippen molar-refractivity contribution >= 4 is 16.5 Å². The Hall–Kier alpha value is -0.830. The van der Waals surface area contributed by atoms with E-state index in [9.17, 15) is 4.21 Å². The molecule has 0 aliphatic rings. The molecule has 0 aromatic heterocycles. The molecular formula is C12H19NOS. The minimum atomic E-state index is -0.877. The summed E-state index contributed by atoms with van der Waals surface area (Å²) in [5, 5.41) is 0. The average molecular weight is 225 g/mol. The summed E-state index contributed by atoms with van der Waals surface area (Å²) in [6.45, 7) is 2.18. The van der Waals surface area contributed by atoms with Gasteiger partial charge in [-0.05, 0) is 24.6 Å². The van der Waals surface area contributed by atoms with E-state index in [-0.39, 0.29) is 0 Å². The molecule has 0 saturated heterocycles. The monoisotopic (exact) mass is 225 g/mol. The molecule has 0 bridgehead atoms. The molecule has 0 heterocycles. The maximum absolute atomic E-state index is 11.8. The minimum absolute atomic E-state index is 0.689. The molecule has 3 heteroatoms. The molecule has 0 radical (unpaired) electrons. The summed E-state index contributed by atoms with van der Waals surface area (Å²) in [6.07, 6.45) is 4.65. The number of rotatable bonds is 6. The van der Waals surface area contributed by atoms with Crippen LogP contribution in [0.3, 0.4) is 0 Å². The molecule has 0 amide bonds. The molecule has 1 aromatic carbocycles. The van der Waals surface area contributed by atoms with E-state index in [0.717, 1.165) is 17.1 Å². The van der Waals surface area contributed by atoms with Crippen molar-refractivity contribution in [1.82, 2.24) is 0 Å². The van der Waals surface area contributed by atoms with Gasteiger partial charge in [-0.1, -0.05) is 32.3 Å². The molecule has 1 aromatic rings. The van der Waals surface area contributed by atoms with E-state index in [0.29, 0.717) is 5.69 Å². The smallest absolute Gasteiger partial charge is 0.0530 e. The van der Waals surface area contributed by atoms with E-state index in [2.05, 4.69) is 6.92 Å². The lowest BCUT2D eigenvalue weighted by atomic mass is 10.2. The Morgan fingerprint density at radius 2 is 2.07 bits per heavy atom. The van der Waals surface area contributed by atoms with E-state index < -0.39 is 10.8 Å². The van der Waals surface area contributed by atoms with Crippen LogP contribution in [0.4, 0.5) is 5.69 Å². The zero-order chi connectivity index (χ0) is 11.1. The molecule has 0 aliphatic heterocycles. The zero-order valence-electron chi connectivity index (χ0n) is 9.24. The Morgan fingerprint density at radius 1 is 1.27 bits per heavy atom. The van der Waals surface area contributed by atoms with Gasteiger partial charge in [0.2, 0.25) is 0 Å². The number of hydrogen-bond acceptors (Lipinski definition) is 2. The Labute approximate surface area is 94.3 Å². The van der Waals surface area contributed by atoms with Gasteiger partial charge < -0.3 is 5.73 Å². The van der Waals surface area contributed by atoms with Gasteiger partial charge in [0.15, 0.2) is 0 Å². The van der Waals surface area contributed by atoms with Gasteiger partial charge in [-0.25, -0.2) is 0 Å². The van der Waals surface area contributed by atoms with Crippen molar-refractivity contribution in [3.8, 4) is 0 Å². The number of nitrogens with two attached hydrogens (primary N) is 1. The van der Waals surface area contributed by atoms with Gasteiger partial charge in [0.05, 0.1) is 10.8 Å². The molecule has 0 saturated carbocycles. The summed E-state index contributed by atoms with van der Waals surface area (Å²) in [4.78, 5) is 0.853. The van der Waals surface area contributed by atoms with Gasteiger partial charge in [-0.3, -0.25) is 4.21 Å². The highest BCUT2D eigenvalue weighted by molar-refractivity contribution is 7.85. The Kier molecular flexibility index (Phi) is 5.40. The van der Waals surface area contributed by atoms with Crippen molar-refractivity contribution in [2.45, 2.75) is 37.5 Å². The van der Waals surface area contributed by atoms with E-state index in [1.165, 1.54) is 19.3 Å². The fraction of sp³-hybridized carbons (Fsp3) is 0.500. The predicted octanol–water partition coefficient (Wildman–Crippen LogP) is 2.96. The van der Waals surface area contributed by atoms with Crippen LogP contribution in [-0.2, 0) is 10.8 Å². The van der Waals surface area contributed by atoms with Gasteiger partial charge >= 0.3 is 0 Å². The first-order valence-corrected chi connectivity index (χ1v) is 6.80. The molecule has 1 atom stereocenters. The topological polar surface area (TPSA) is 43.1 Å². The lowest BCUT2D eigenvalue weighted by Gasteiger charge is -2.02. The van der Waals surface area contributed by atoms with Crippen LogP contribution < -0.4 is 5.73 Å². The van der Waals surface area contributed by atoms with Crippen molar-refractivity contribution in [1.29, 1.82) is 0 Å². The molecule has 15 heavy (non-hydrogen) atoms. The first-order chi connectivity index (χ1) is 7.24. The number of unbranched alkanes of at least 4 members (excludes halogenated alkanes) is 3. The third-order valence-electron chi connectivity index (χ3n) is 2.30. The fourth-order valence-corrected chi connectivity index (χ4v) is 2.63. The van der Waals surface area contributed by atoms with E-state index in [1.54, 1.807) is 6.07 Å². The second-order valence-corrected chi connectivity index (χ2v) is 5.25. The quantitative estimate of drug-likeness (QED) is 0.597. The summed E-state index contributed by atoms with van der Waals surface area (Å²) < 4.78 is 11.8. The maximum Gasteiger partial charge on any atom is 0.0530 e. The molecule has 2 nitrogen and oxygen atoms in total. The van der Waals surface area contributed by atoms with Crippen LogP contribution in [0.15, 0.2) is 29.2 Å². The van der Waals surface area contributed by atoms with Crippen LogP contribution in [0, 0.1) is 0 Å². The molecule has 0 fully saturated rings. The largest absolute Gasteiger partial charge is 0.399 e. The maximum atomic E-state index is 11.8. The highest BCUT2D eigenvalue weighted by Gasteiger charge is 2.03. The van der Waals surface area contributed by atoms with Crippen molar-refractivity contribution in [2.75, 3.05) is 11.5 Å². The summed E-state index contributed by atoms with van der Waals surface area (Å²) in [5.74, 6) is 0.753. The van der Waals surface area contributed by atoms with Crippen LogP contribution in [0.1, 0.15) is 32.6 Å². The van der Waals surface area contributed by atoms with Crippen molar-refractivity contribution in [2.24, 2.45) is 0 Å². The normalized spacial score (nSPS) is 12.6.